The van der Waals surface area contributed by atoms with Crippen LogP contribution in [0.4, 0.5) is 11.5 Å². The number of aromatic nitrogens is 1. The monoisotopic (exact) mass is 361 g/mol. The molecule has 2 amide bonds. The van der Waals surface area contributed by atoms with Gasteiger partial charge in [-0.1, -0.05) is 12.1 Å². The lowest BCUT2D eigenvalue weighted by atomic mass is 10.1. The number of aryl methyl sites for hydroxylation is 1. The first-order chi connectivity index (χ1) is 13.0. The number of rotatable bonds is 5. The Balaban J connectivity index is 1.73. The minimum absolute atomic E-state index is 0.285. The SMILES string of the molecule is COc1cccc(C(=O)Nc2cccc(C(=O)Nc3cc(C)ccn3)c2)c1. The number of amides is 2. The average molecular weight is 361 g/mol. The van der Waals surface area contributed by atoms with E-state index in [1.165, 1.54) is 0 Å². The van der Waals surface area contributed by atoms with E-state index in [1.807, 2.05) is 13.0 Å². The molecule has 0 unspecified atom stereocenters. The van der Waals surface area contributed by atoms with Crippen LogP contribution < -0.4 is 15.4 Å². The second-order valence-corrected chi connectivity index (χ2v) is 5.94. The van der Waals surface area contributed by atoms with Crippen molar-refractivity contribution in [2.45, 2.75) is 6.92 Å². The van der Waals surface area contributed by atoms with Crippen molar-refractivity contribution in [3.63, 3.8) is 0 Å². The fourth-order valence-corrected chi connectivity index (χ4v) is 2.50. The van der Waals surface area contributed by atoms with Gasteiger partial charge in [0.05, 0.1) is 7.11 Å². The van der Waals surface area contributed by atoms with Crippen molar-refractivity contribution < 1.29 is 14.3 Å². The van der Waals surface area contributed by atoms with E-state index in [-0.39, 0.29) is 11.8 Å². The second kappa shape index (κ2) is 8.14. The Bertz CT molecular complexity index is 986. The zero-order valence-corrected chi connectivity index (χ0v) is 15.0. The molecule has 0 aliphatic rings. The van der Waals surface area contributed by atoms with Crippen LogP contribution in [0.3, 0.4) is 0 Å². The minimum Gasteiger partial charge on any atom is -0.497 e. The lowest BCUT2D eigenvalue weighted by Gasteiger charge is -2.09. The first-order valence-corrected chi connectivity index (χ1v) is 8.34. The Hall–Kier alpha value is -3.67. The average Bonchev–Trinajstić information content (AvgIpc) is 2.68. The van der Waals surface area contributed by atoms with Gasteiger partial charge < -0.3 is 15.4 Å². The normalized spacial score (nSPS) is 10.1. The van der Waals surface area contributed by atoms with Crippen molar-refractivity contribution in [3.05, 3.63) is 83.6 Å². The maximum atomic E-state index is 12.4. The summed E-state index contributed by atoms with van der Waals surface area (Å²) >= 11 is 0. The topological polar surface area (TPSA) is 80.3 Å². The summed E-state index contributed by atoms with van der Waals surface area (Å²) in [6, 6.07) is 17.2. The number of methoxy groups -OCH3 is 1. The Morgan fingerprint density at radius 1 is 0.889 bits per heavy atom. The quantitative estimate of drug-likeness (QED) is 0.722. The Kier molecular flexibility index (Phi) is 5.47. The first-order valence-electron chi connectivity index (χ1n) is 8.34. The molecule has 136 valence electrons. The minimum atomic E-state index is -0.300. The molecule has 0 saturated heterocycles. The number of carbonyl (C=O) groups excluding carboxylic acids is 2. The molecule has 0 saturated carbocycles. The molecule has 0 atom stereocenters. The van der Waals surface area contributed by atoms with Crippen LogP contribution in [0.25, 0.3) is 0 Å². The number of anilines is 2. The van der Waals surface area contributed by atoms with E-state index in [2.05, 4.69) is 15.6 Å². The van der Waals surface area contributed by atoms with Gasteiger partial charge in [0.1, 0.15) is 11.6 Å². The summed E-state index contributed by atoms with van der Waals surface area (Å²) in [5.41, 5.74) is 2.40. The van der Waals surface area contributed by atoms with Crippen LogP contribution in [-0.2, 0) is 0 Å². The Morgan fingerprint density at radius 2 is 1.59 bits per heavy atom. The Labute approximate surface area is 157 Å². The number of carbonyl (C=O) groups is 2. The van der Waals surface area contributed by atoms with Gasteiger partial charge in [-0.25, -0.2) is 4.98 Å². The van der Waals surface area contributed by atoms with Crippen molar-refractivity contribution in [3.8, 4) is 5.75 Å². The number of nitrogens with one attached hydrogen (secondary N) is 2. The molecule has 0 radical (unpaired) electrons. The van der Waals surface area contributed by atoms with Gasteiger partial charge in [0.15, 0.2) is 0 Å². The summed E-state index contributed by atoms with van der Waals surface area (Å²) in [5.74, 6) is 0.490. The van der Waals surface area contributed by atoms with Crippen molar-refractivity contribution in [1.82, 2.24) is 4.98 Å². The summed E-state index contributed by atoms with van der Waals surface area (Å²) in [6.45, 7) is 1.92. The number of nitrogens with zero attached hydrogens (tertiary/aromatic N) is 1. The Morgan fingerprint density at radius 3 is 2.33 bits per heavy atom. The maximum Gasteiger partial charge on any atom is 0.256 e. The third-order valence-electron chi connectivity index (χ3n) is 3.87. The highest BCUT2D eigenvalue weighted by atomic mass is 16.5. The number of benzene rings is 2. The van der Waals surface area contributed by atoms with E-state index in [4.69, 9.17) is 4.74 Å². The fourth-order valence-electron chi connectivity index (χ4n) is 2.50. The molecule has 0 aliphatic carbocycles. The molecule has 1 heterocycles. The third kappa shape index (κ3) is 4.70. The largest absolute Gasteiger partial charge is 0.497 e. The van der Waals surface area contributed by atoms with Crippen LogP contribution in [0.15, 0.2) is 66.9 Å². The molecular formula is C21H19N3O3. The van der Waals surface area contributed by atoms with Crippen molar-refractivity contribution in [2.75, 3.05) is 17.7 Å². The highest BCUT2D eigenvalue weighted by molar-refractivity contribution is 6.07. The molecule has 2 aromatic carbocycles. The molecule has 0 spiro atoms. The summed E-state index contributed by atoms with van der Waals surface area (Å²) in [6.07, 6.45) is 1.63. The second-order valence-electron chi connectivity index (χ2n) is 5.94. The van der Waals surface area contributed by atoms with Crippen LogP contribution in [0.2, 0.25) is 0 Å². The zero-order chi connectivity index (χ0) is 19.2. The van der Waals surface area contributed by atoms with Crippen LogP contribution in [0.1, 0.15) is 26.3 Å². The highest BCUT2D eigenvalue weighted by Gasteiger charge is 2.11. The van der Waals surface area contributed by atoms with Crippen LogP contribution in [0, 0.1) is 6.92 Å². The van der Waals surface area contributed by atoms with Gasteiger partial charge in [-0.05, 0) is 61.0 Å². The predicted molar refractivity (Wildman–Crippen MR) is 104 cm³/mol. The van der Waals surface area contributed by atoms with Gasteiger partial charge in [0, 0.05) is 23.0 Å². The number of pyridine rings is 1. The molecule has 3 rings (SSSR count). The van der Waals surface area contributed by atoms with E-state index in [0.29, 0.717) is 28.4 Å². The van der Waals surface area contributed by atoms with E-state index < -0.39 is 0 Å². The molecule has 2 N–H and O–H groups in total. The van der Waals surface area contributed by atoms with E-state index in [1.54, 1.807) is 67.9 Å². The fraction of sp³-hybridized carbons (Fsp3) is 0.0952. The van der Waals surface area contributed by atoms with E-state index in [0.717, 1.165) is 5.56 Å². The van der Waals surface area contributed by atoms with Gasteiger partial charge in [-0.2, -0.15) is 0 Å². The zero-order valence-electron chi connectivity index (χ0n) is 15.0. The van der Waals surface area contributed by atoms with Gasteiger partial charge >= 0.3 is 0 Å². The van der Waals surface area contributed by atoms with Crippen LogP contribution in [0.5, 0.6) is 5.75 Å². The smallest absolute Gasteiger partial charge is 0.256 e. The molecule has 6 nitrogen and oxygen atoms in total. The van der Waals surface area contributed by atoms with Crippen molar-refractivity contribution in [1.29, 1.82) is 0 Å². The van der Waals surface area contributed by atoms with Gasteiger partial charge in [-0.3, -0.25) is 9.59 Å². The van der Waals surface area contributed by atoms with Gasteiger partial charge in [0.2, 0.25) is 0 Å². The number of hydrogen-bond donors (Lipinski definition) is 2. The molecule has 27 heavy (non-hydrogen) atoms. The van der Waals surface area contributed by atoms with E-state index in [9.17, 15) is 9.59 Å². The summed E-state index contributed by atoms with van der Waals surface area (Å²) in [4.78, 5) is 29.0. The van der Waals surface area contributed by atoms with Gasteiger partial charge in [-0.15, -0.1) is 0 Å². The summed E-state index contributed by atoms with van der Waals surface area (Å²) in [5, 5.41) is 5.53. The maximum absolute atomic E-state index is 12.4. The summed E-state index contributed by atoms with van der Waals surface area (Å²) in [7, 11) is 1.54. The molecular weight excluding hydrogens is 342 g/mol. The highest BCUT2D eigenvalue weighted by Crippen LogP contribution is 2.17. The molecule has 0 aliphatic heterocycles. The van der Waals surface area contributed by atoms with Crippen LogP contribution in [-0.4, -0.2) is 23.9 Å². The molecule has 0 bridgehead atoms. The standard InChI is InChI=1S/C21H19N3O3/c1-14-9-10-22-19(11-14)24-21(26)15-5-3-7-17(12-15)23-20(25)16-6-4-8-18(13-16)27-2/h3-13H,1-2H3,(H,23,25)(H,22,24,26). The van der Waals surface area contributed by atoms with Crippen molar-refractivity contribution >= 4 is 23.3 Å². The molecule has 0 fully saturated rings. The van der Waals surface area contributed by atoms with Crippen LogP contribution >= 0.6 is 0 Å². The predicted octanol–water partition coefficient (Wildman–Crippen LogP) is 3.90. The molecule has 1 aromatic heterocycles. The van der Waals surface area contributed by atoms with Gasteiger partial charge in [0.25, 0.3) is 11.8 Å². The first kappa shape index (κ1) is 18.1. The van der Waals surface area contributed by atoms with E-state index >= 15 is 0 Å². The lowest BCUT2D eigenvalue weighted by molar-refractivity contribution is 0.101. The number of hydrogen-bond acceptors (Lipinski definition) is 4. The number of ether oxygens (including phenoxy) is 1. The third-order valence-corrected chi connectivity index (χ3v) is 3.87. The van der Waals surface area contributed by atoms with Crippen molar-refractivity contribution in [2.24, 2.45) is 0 Å². The molecule has 3 aromatic rings. The molecule has 6 heteroatoms. The summed E-state index contributed by atoms with van der Waals surface area (Å²) < 4.78 is 5.13. The lowest BCUT2D eigenvalue weighted by Crippen LogP contribution is -2.15.